The quantitative estimate of drug-likeness (QED) is 0.499. The predicted molar refractivity (Wildman–Crippen MR) is 74.0 cm³/mol. The van der Waals surface area contributed by atoms with Crippen molar-refractivity contribution in [1.29, 1.82) is 0 Å². The topological polar surface area (TPSA) is 101 Å². The molecule has 0 amide bonds. The van der Waals surface area contributed by atoms with Gasteiger partial charge < -0.3 is 25.5 Å². The lowest BCUT2D eigenvalue weighted by molar-refractivity contribution is -0.186. The van der Waals surface area contributed by atoms with Crippen molar-refractivity contribution in [3.05, 3.63) is 0 Å². The van der Waals surface area contributed by atoms with Crippen LogP contribution < -0.4 is 0 Å². The van der Waals surface area contributed by atoms with E-state index in [0.717, 1.165) is 0 Å². The Bertz CT molecular complexity index is 376. The molecule has 0 aromatic rings. The van der Waals surface area contributed by atoms with Crippen LogP contribution in [0, 0.1) is 11.8 Å². The Morgan fingerprint density at radius 2 is 1.70 bits per heavy atom. The van der Waals surface area contributed by atoms with Gasteiger partial charge in [-0.15, -0.1) is 0 Å². The number of fused-ring (bicyclic) bond motifs is 1. The van der Waals surface area contributed by atoms with Crippen molar-refractivity contribution >= 4 is 0 Å². The average molecular weight is 288 g/mol. The van der Waals surface area contributed by atoms with Gasteiger partial charge >= 0.3 is 0 Å². The highest BCUT2D eigenvalue weighted by molar-refractivity contribution is 5.15. The molecule has 0 aromatic carbocycles. The van der Waals surface area contributed by atoms with Crippen LogP contribution >= 0.6 is 0 Å². The molecule has 2 aliphatic rings. The lowest BCUT2D eigenvalue weighted by atomic mass is 9.70. The van der Waals surface area contributed by atoms with E-state index in [2.05, 4.69) is 0 Å². The van der Waals surface area contributed by atoms with E-state index in [4.69, 9.17) is 0 Å². The summed E-state index contributed by atoms with van der Waals surface area (Å²) in [4.78, 5) is 0. The number of hydrogen-bond acceptors (Lipinski definition) is 5. The van der Waals surface area contributed by atoms with E-state index in [-0.39, 0.29) is 12.3 Å². The predicted octanol–water partition coefficient (Wildman–Crippen LogP) is 0.173. The first-order valence-electron chi connectivity index (χ1n) is 7.47. The van der Waals surface area contributed by atoms with Gasteiger partial charge in [-0.25, -0.2) is 0 Å². The summed E-state index contributed by atoms with van der Waals surface area (Å²) in [5.41, 5.74) is -5.11. The van der Waals surface area contributed by atoms with Crippen LogP contribution in [0.15, 0.2) is 0 Å². The summed E-state index contributed by atoms with van der Waals surface area (Å²) in [6.45, 7) is 4.43. The van der Waals surface area contributed by atoms with Gasteiger partial charge in [-0.1, -0.05) is 0 Å². The van der Waals surface area contributed by atoms with Gasteiger partial charge in [0.2, 0.25) is 0 Å². The van der Waals surface area contributed by atoms with Crippen LogP contribution in [0.2, 0.25) is 0 Å². The molecule has 118 valence electrons. The molecule has 2 rings (SSSR count). The second-order valence-corrected chi connectivity index (χ2v) is 7.60. The monoisotopic (exact) mass is 288 g/mol. The molecule has 2 fully saturated rings. The molecule has 0 radical (unpaired) electrons. The third kappa shape index (κ3) is 2.29. The minimum Gasteiger partial charge on any atom is -0.393 e. The van der Waals surface area contributed by atoms with Gasteiger partial charge in [0.25, 0.3) is 0 Å². The molecule has 2 aliphatic carbocycles. The highest BCUT2D eigenvalue weighted by Crippen LogP contribution is 2.55. The molecule has 5 N–H and O–H groups in total. The normalized spacial score (nSPS) is 52.2. The molecule has 6 atom stereocenters. The largest absolute Gasteiger partial charge is 0.393 e. The summed E-state index contributed by atoms with van der Waals surface area (Å²) >= 11 is 0. The highest BCUT2D eigenvalue weighted by Gasteiger charge is 2.63. The number of rotatable bonds is 2. The molecular weight excluding hydrogens is 260 g/mol. The maximum atomic E-state index is 11.1. The van der Waals surface area contributed by atoms with Gasteiger partial charge in [0.1, 0.15) is 0 Å². The van der Waals surface area contributed by atoms with Crippen molar-refractivity contribution in [2.24, 2.45) is 11.8 Å². The maximum absolute atomic E-state index is 11.1. The van der Waals surface area contributed by atoms with Gasteiger partial charge in [0, 0.05) is 5.92 Å². The first-order chi connectivity index (χ1) is 8.96. The smallest absolute Gasteiger partial charge is 0.0989 e. The molecule has 5 nitrogen and oxygen atoms in total. The summed E-state index contributed by atoms with van der Waals surface area (Å²) in [5, 5.41) is 52.0. The fraction of sp³-hybridized carbons (Fsp3) is 1.00. The first-order valence-corrected chi connectivity index (χ1v) is 7.47. The molecule has 5 heteroatoms. The van der Waals surface area contributed by atoms with Crippen LogP contribution in [0.25, 0.3) is 0 Å². The molecule has 0 heterocycles. The third-order valence-corrected chi connectivity index (χ3v) is 5.94. The minimum atomic E-state index is -1.43. The van der Waals surface area contributed by atoms with Crippen LogP contribution in [-0.2, 0) is 0 Å². The van der Waals surface area contributed by atoms with Crippen LogP contribution in [-0.4, -0.2) is 54.5 Å². The molecule has 20 heavy (non-hydrogen) atoms. The number of aliphatic hydroxyl groups is 5. The molecular formula is C15H28O5. The van der Waals surface area contributed by atoms with Gasteiger partial charge in [-0.2, -0.15) is 0 Å². The van der Waals surface area contributed by atoms with Crippen LogP contribution in [0.1, 0.15) is 52.9 Å². The number of hydrogen-bond donors (Lipinski definition) is 5. The summed E-state index contributed by atoms with van der Waals surface area (Å²) < 4.78 is 0. The van der Waals surface area contributed by atoms with E-state index in [1.54, 1.807) is 20.8 Å². The summed E-state index contributed by atoms with van der Waals surface area (Å²) in [7, 11) is 0. The van der Waals surface area contributed by atoms with E-state index in [9.17, 15) is 25.5 Å². The SMILES string of the molecule is CC(O)(CO)C1CCC(C)(O)C2CCC(C)(O)C2(O)C1. The molecule has 0 aromatic heterocycles. The van der Waals surface area contributed by atoms with Gasteiger partial charge in [0.05, 0.1) is 29.0 Å². The number of aliphatic hydroxyl groups excluding tert-OH is 1. The highest BCUT2D eigenvalue weighted by atomic mass is 16.4. The second kappa shape index (κ2) is 4.65. The fourth-order valence-corrected chi connectivity index (χ4v) is 4.22. The van der Waals surface area contributed by atoms with Gasteiger partial charge in [-0.05, 0) is 58.8 Å². The molecule has 0 saturated heterocycles. The van der Waals surface area contributed by atoms with Crippen LogP contribution in [0.4, 0.5) is 0 Å². The van der Waals surface area contributed by atoms with E-state index in [0.29, 0.717) is 25.7 Å². The molecule has 6 unspecified atom stereocenters. The summed E-state index contributed by atoms with van der Waals surface area (Å²) in [5.74, 6) is -0.775. The van der Waals surface area contributed by atoms with E-state index in [1.807, 2.05) is 0 Å². The Hall–Kier alpha value is -0.200. The lowest BCUT2D eigenvalue weighted by Gasteiger charge is -2.44. The van der Waals surface area contributed by atoms with Crippen LogP contribution in [0.5, 0.6) is 0 Å². The molecule has 0 spiro atoms. The van der Waals surface area contributed by atoms with Crippen molar-refractivity contribution in [2.75, 3.05) is 6.61 Å². The van der Waals surface area contributed by atoms with Crippen molar-refractivity contribution in [3.63, 3.8) is 0 Å². The van der Waals surface area contributed by atoms with E-state index in [1.165, 1.54) is 0 Å². The standard InChI is InChI=1S/C15H28O5/c1-12(17)6-4-10(13(2,18)9-16)8-15(20)11(12)5-7-14(15,3)19/h10-11,16-20H,4-9H2,1-3H3. The molecule has 2 saturated carbocycles. The van der Waals surface area contributed by atoms with Crippen LogP contribution in [0.3, 0.4) is 0 Å². The zero-order valence-corrected chi connectivity index (χ0v) is 12.6. The van der Waals surface area contributed by atoms with E-state index >= 15 is 0 Å². The Labute approximate surface area is 120 Å². The average Bonchev–Trinajstić information content (AvgIpc) is 2.49. The first kappa shape index (κ1) is 16.2. The van der Waals surface area contributed by atoms with Crippen molar-refractivity contribution < 1.29 is 25.5 Å². The zero-order chi connectivity index (χ0) is 15.4. The minimum absolute atomic E-state index is 0.189. The van der Waals surface area contributed by atoms with Crippen molar-refractivity contribution in [1.82, 2.24) is 0 Å². The second-order valence-electron chi connectivity index (χ2n) is 7.60. The molecule has 0 aliphatic heterocycles. The van der Waals surface area contributed by atoms with Gasteiger partial charge in [0.15, 0.2) is 0 Å². The Kier molecular flexibility index (Phi) is 3.76. The molecule has 0 bridgehead atoms. The van der Waals surface area contributed by atoms with E-state index < -0.39 is 34.9 Å². The summed E-state index contributed by atoms with van der Waals surface area (Å²) in [6, 6.07) is 0. The Balaban J connectivity index is 2.40. The van der Waals surface area contributed by atoms with Crippen molar-refractivity contribution in [2.45, 2.75) is 75.3 Å². The third-order valence-electron chi connectivity index (χ3n) is 5.94. The maximum Gasteiger partial charge on any atom is 0.0989 e. The van der Waals surface area contributed by atoms with Crippen molar-refractivity contribution in [3.8, 4) is 0 Å². The zero-order valence-electron chi connectivity index (χ0n) is 12.6. The summed E-state index contributed by atoms with van der Waals surface area (Å²) in [6.07, 6.45) is 2.13. The van der Waals surface area contributed by atoms with Gasteiger partial charge in [-0.3, -0.25) is 0 Å². The Morgan fingerprint density at radius 3 is 2.25 bits per heavy atom. The fourth-order valence-electron chi connectivity index (χ4n) is 4.22. The lowest BCUT2D eigenvalue weighted by Crippen LogP contribution is -2.57. The Morgan fingerprint density at radius 1 is 1.10 bits per heavy atom.